The predicted octanol–water partition coefficient (Wildman–Crippen LogP) is 3.72. The van der Waals surface area contributed by atoms with Crippen LogP contribution in [-0.2, 0) is 6.42 Å². The zero-order valence-electron chi connectivity index (χ0n) is 18.1. The lowest BCUT2D eigenvalue weighted by molar-refractivity contribution is 0.364. The molecule has 3 rings (SSSR count). The molecule has 1 aromatic carbocycles. The van der Waals surface area contributed by atoms with Crippen LogP contribution in [0.1, 0.15) is 43.0 Å². The first-order valence-electron chi connectivity index (χ1n) is 10.3. The number of aliphatic imine (C=N–C) groups is 2. The standard InChI is InChI=1S/C24H33N5/c1-16(2)19-7-9-21-20(15-19)8-10-22(21)28-17(3)23-24(29(6)14-13-25-5)18(4)26-11-12-27-23/h7,9,11,13-15,18,22,24-25,28H,1,3,8,10,12H2,2,4-6H3/b14-13+/t18?,22-,24?/m0/s1. The average molecular weight is 392 g/mol. The molecule has 0 saturated carbocycles. The minimum atomic E-state index is 0.0324. The molecule has 1 aliphatic heterocycles. The van der Waals surface area contributed by atoms with E-state index in [0.29, 0.717) is 6.54 Å². The molecular weight excluding hydrogens is 358 g/mol. The van der Waals surface area contributed by atoms with E-state index in [1.807, 2.05) is 25.7 Å². The van der Waals surface area contributed by atoms with Crippen molar-refractivity contribution in [1.82, 2.24) is 15.5 Å². The van der Waals surface area contributed by atoms with Crippen molar-refractivity contribution in [2.75, 3.05) is 20.6 Å². The Balaban J connectivity index is 1.80. The van der Waals surface area contributed by atoms with Gasteiger partial charge in [-0.05, 0) is 43.4 Å². The van der Waals surface area contributed by atoms with Crippen molar-refractivity contribution in [3.8, 4) is 0 Å². The Hall–Kier alpha value is -2.82. The van der Waals surface area contributed by atoms with Crippen LogP contribution in [0.3, 0.4) is 0 Å². The number of aryl methyl sites for hydroxylation is 1. The molecule has 3 atom stereocenters. The molecule has 5 heteroatoms. The van der Waals surface area contributed by atoms with Gasteiger partial charge in [0.25, 0.3) is 0 Å². The number of hydrogen-bond donors (Lipinski definition) is 2. The highest BCUT2D eigenvalue weighted by molar-refractivity contribution is 6.04. The smallest absolute Gasteiger partial charge is 0.0941 e. The molecule has 1 heterocycles. The van der Waals surface area contributed by atoms with E-state index < -0.39 is 0 Å². The number of nitrogens with zero attached hydrogens (tertiary/aromatic N) is 3. The molecule has 1 aliphatic carbocycles. The second-order valence-electron chi connectivity index (χ2n) is 7.92. The third-order valence-corrected chi connectivity index (χ3v) is 5.71. The minimum absolute atomic E-state index is 0.0324. The van der Waals surface area contributed by atoms with E-state index in [9.17, 15) is 0 Å². The van der Waals surface area contributed by atoms with Gasteiger partial charge >= 0.3 is 0 Å². The first kappa shape index (κ1) is 20.9. The molecule has 0 bridgehead atoms. The number of benzene rings is 1. The lowest BCUT2D eigenvalue weighted by atomic mass is 9.99. The Bertz CT molecular complexity index is 864. The van der Waals surface area contributed by atoms with Gasteiger partial charge in [-0.1, -0.05) is 36.9 Å². The van der Waals surface area contributed by atoms with Crippen LogP contribution in [0.4, 0.5) is 0 Å². The Morgan fingerprint density at radius 1 is 1.31 bits per heavy atom. The van der Waals surface area contributed by atoms with Crippen molar-refractivity contribution < 1.29 is 0 Å². The summed E-state index contributed by atoms with van der Waals surface area (Å²) in [6.45, 7) is 13.2. The van der Waals surface area contributed by atoms with E-state index in [-0.39, 0.29) is 18.1 Å². The van der Waals surface area contributed by atoms with Gasteiger partial charge in [-0.2, -0.15) is 0 Å². The number of allylic oxidation sites excluding steroid dienone is 1. The zero-order chi connectivity index (χ0) is 21.0. The van der Waals surface area contributed by atoms with E-state index >= 15 is 0 Å². The number of hydrogen-bond acceptors (Lipinski definition) is 5. The highest BCUT2D eigenvalue weighted by Gasteiger charge is 2.30. The van der Waals surface area contributed by atoms with E-state index in [2.05, 4.69) is 72.8 Å². The summed E-state index contributed by atoms with van der Waals surface area (Å²) in [5.74, 6) is 0. The van der Waals surface area contributed by atoms with Crippen molar-refractivity contribution in [2.45, 2.75) is 44.8 Å². The van der Waals surface area contributed by atoms with Crippen LogP contribution in [0.5, 0.6) is 0 Å². The fourth-order valence-corrected chi connectivity index (χ4v) is 4.17. The Morgan fingerprint density at radius 3 is 2.83 bits per heavy atom. The summed E-state index contributed by atoms with van der Waals surface area (Å²) in [6, 6.07) is 7.07. The van der Waals surface area contributed by atoms with Gasteiger partial charge in [0.2, 0.25) is 0 Å². The van der Waals surface area contributed by atoms with E-state index in [4.69, 9.17) is 4.99 Å². The molecule has 5 nitrogen and oxygen atoms in total. The number of nitrogens with one attached hydrogen (secondary N) is 2. The summed E-state index contributed by atoms with van der Waals surface area (Å²) in [5.41, 5.74) is 6.95. The summed E-state index contributed by atoms with van der Waals surface area (Å²) < 4.78 is 0. The molecule has 0 spiro atoms. The summed E-state index contributed by atoms with van der Waals surface area (Å²) in [7, 11) is 3.95. The first-order valence-corrected chi connectivity index (χ1v) is 10.3. The van der Waals surface area contributed by atoms with Gasteiger partial charge in [-0.25, -0.2) is 0 Å². The molecule has 0 radical (unpaired) electrons. The normalized spacial score (nSPS) is 23.3. The second kappa shape index (κ2) is 9.12. The Kier molecular flexibility index (Phi) is 6.57. The van der Waals surface area contributed by atoms with Crippen molar-refractivity contribution in [1.29, 1.82) is 0 Å². The average Bonchev–Trinajstić information content (AvgIpc) is 2.98. The van der Waals surface area contributed by atoms with Crippen LogP contribution in [0.2, 0.25) is 0 Å². The third-order valence-electron chi connectivity index (χ3n) is 5.71. The Morgan fingerprint density at radius 2 is 2.10 bits per heavy atom. The van der Waals surface area contributed by atoms with E-state index in [1.54, 1.807) is 0 Å². The van der Waals surface area contributed by atoms with Gasteiger partial charge in [-0.15, -0.1) is 0 Å². The molecule has 154 valence electrons. The maximum Gasteiger partial charge on any atom is 0.0941 e. The molecule has 0 aromatic heterocycles. The van der Waals surface area contributed by atoms with Gasteiger partial charge in [0, 0.05) is 32.7 Å². The van der Waals surface area contributed by atoms with Crippen molar-refractivity contribution >= 4 is 17.5 Å². The van der Waals surface area contributed by atoms with Crippen molar-refractivity contribution in [3.63, 3.8) is 0 Å². The Labute approximate surface area is 175 Å². The summed E-state index contributed by atoms with van der Waals surface area (Å²) in [6.07, 6.45) is 7.98. The lowest BCUT2D eigenvalue weighted by Crippen LogP contribution is -2.45. The largest absolute Gasteiger partial charge is 0.393 e. The number of likely N-dealkylation sites (N-methyl/N-ethyl adjacent to an activating group) is 1. The maximum absolute atomic E-state index is 4.82. The number of rotatable bonds is 7. The lowest BCUT2D eigenvalue weighted by Gasteiger charge is -2.32. The molecule has 0 amide bonds. The van der Waals surface area contributed by atoms with Crippen LogP contribution in [0.15, 0.2) is 59.4 Å². The third kappa shape index (κ3) is 4.61. The quantitative estimate of drug-likeness (QED) is 0.745. The van der Waals surface area contributed by atoms with E-state index in [0.717, 1.165) is 29.8 Å². The van der Waals surface area contributed by atoms with Crippen molar-refractivity contribution in [2.24, 2.45) is 9.98 Å². The molecule has 2 aliphatic rings. The predicted molar refractivity (Wildman–Crippen MR) is 124 cm³/mol. The molecule has 2 N–H and O–H groups in total. The van der Waals surface area contributed by atoms with Crippen LogP contribution < -0.4 is 10.6 Å². The monoisotopic (exact) mass is 391 g/mol. The summed E-state index contributed by atoms with van der Waals surface area (Å²) >= 11 is 0. The fraction of sp³-hybridized carbons (Fsp3) is 0.417. The van der Waals surface area contributed by atoms with Gasteiger partial charge in [-0.3, -0.25) is 9.98 Å². The maximum atomic E-state index is 4.82. The number of fused-ring (bicyclic) bond motifs is 1. The molecule has 0 fully saturated rings. The minimum Gasteiger partial charge on any atom is -0.393 e. The molecule has 2 unspecified atom stereocenters. The summed E-state index contributed by atoms with van der Waals surface area (Å²) in [4.78, 5) is 11.6. The molecule has 1 aromatic rings. The van der Waals surface area contributed by atoms with Gasteiger partial charge in [0.05, 0.1) is 36.1 Å². The molecule has 29 heavy (non-hydrogen) atoms. The van der Waals surface area contributed by atoms with Crippen molar-refractivity contribution in [3.05, 3.63) is 66.1 Å². The van der Waals surface area contributed by atoms with Crippen LogP contribution in [-0.4, -0.2) is 49.5 Å². The molecular formula is C24H33N5. The summed E-state index contributed by atoms with van der Waals surface area (Å²) in [5, 5.41) is 6.72. The van der Waals surface area contributed by atoms with E-state index in [1.165, 1.54) is 16.7 Å². The fourth-order valence-electron chi connectivity index (χ4n) is 4.17. The SMILES string of the molecule is C=C(N[C@H]1CCc2cc(C(=C)C)ccc21)C1=NCC=NC(C)C1N(C)/C=C/NC. The highest BCUT2D eigenvalue weighted by atomic mass is 15.2. The van der Waals surface area contributed by atoms with Crippen LogP contribution >= 0.6 is 0 Å². The zero-order valence-corrected chi connectivity index (χ0v) is 18.1. The highest BCUT2D eigenvalue weighted by Crippen LogP contribution is 2.34. The van der Waals surface area contributed by atoms with Crippen LogP contribution in [0.25, 0.3) is 5.57 Å². The first-order chi connectivity index (χ1) is 13.9. The van der Waals surface area contributed by atoms with Gasteiger partial charge in [0.15, 0.2) is 0 Å². The second-order valence-corrected chi connectivity index (χ2v) is 7.92. The van der Waals surface area contributed by atoms with Gasteiger partial charge in [0.1, 0.15) is 0 Å². The van der Waals surface area contributed by atoms with Gasteiger partial charge < -0.3 is 15.5 Å². The van der Waals surface area contributed by atoms with Crippen LogP contribution in [0, 0.1) is 0 Å². The molecule has 0 saturated heterocycles. The topological polar surface area (TPSA) is 52.0 Å².